The Bertz CT molecular complexity index is 1170. The second kappa shape index (κ2) is 7.16. The van der Waals surface area contributed by atoms with Crippen molar-refractivity contribution >= 4 is 39.0 Å². The molecule has 8 heteroatoms. The fourth-order valence-electron chi connectivity index (χ4n) is 2.84. The van der Waals surface area contributed by atoms with Gasteiger partial charge >= 0.3 is 0 Å². The molecule has 0 aliphatic carbocycles. The van der Waals surface area contributed by atoms with Crippen molar-refractivity contribution in [2.45, 2.75) is 6.92 Å². The van der Waals surface area contributed by atoms with Gasteiger partial charge in [0, 0.05) is 29.0 Å². The Morgan fingerprint density at radius 2 is 1.93 bits per heavy atom. The van der Waals surface area contributed by atoms with E-state index in [1.54, 1.807) is 36.6 Å². The summed E-state index contributed by atoms with van der Waals surface area (Å²) in [5.41, 5.74) is 2.25. The molecule has 0 unspecified atom stereocenters. The molecular formula is C20H14N4O3S. The lowest BCUT2D eigenvalue weighted by atomic mass is 10.1. The maximum Gasteiger partial charge on any atom is 0.273 e. The molecule has 28 heavy (non-hydrogen) atoms. The highest BCUT2D eigenvalue weighted by Crippen LogP contribution is 2.30. The summed E-state index contributed by atoms with van der Waals surface area (Å²) in [5.74, 6) is -0.0813. The second-order valence-electron chi connectivity index (χ2n) is 6.08. The summed E-state index contributed by atoms with van der Waals surface area (Å²) in [6.45, 7) is 1.55. The first-order valence-corrected chi connectivity index (χ1v) is 9.22. The van der Waals surface area contributed by atoms with E-state index < -0.39 is 10.8 Å². The summed E-state index contributed by atoms with van der Waals surface area (Å²) < 4.78 is 1.09. The minimum absolute atomic E-state index is 0.0909. The molecule has 2 heterocycles. The van der Waals surface area contributed by atoms with Crippen LogP contribution in [0.2, 0.25) is 0 Å². The van der Waals surface area contributed by atoms with Crippen molar-refractivity contribution < 1.29 is 9.72 Å². The van der Waals surface area contributed by atoms with Gasteiger partial charge in [-0.25, -0.2) is 9.97 Å². The SMILES string of the molecule is Cc1c(C(=O)Nc2ccc(-c3nc4ccccc4s3)cn2)cccc1[N+](=O)[O-]. The van der Waals surface area contributed by atoms with Gasteiger partial charge in [-0.15, -0.1) is 11.3 Å². The molecular weight excluding hydrogens is 376 g/mol. The molecule has 2 aromatic heterocycles. The zero-order valence-corrected chi connectivity index (χ0v) is 15.6. The smallest absolute Gasteiger partial charge is 0.273 e. The van der Waals surface area contributed by atoms with Crippen molar-refractivity contribution in [2.75, 3.05) is 5.32 Å². The molecule has 0 radical (unpaired) electrons. The largest absolute Gasteiger partial charge is 0.307 e. The zero-order chi connectivity index (χ0) is 19.7. The number of anilines is 1. The summed E-state index contributed by atoms with van der Waals surface area (Å²) in [6.07, 6.45) is 1.65. The van der Waals surface area contributed by atoms with Gasteiger partial charge in [-0.2, -0.15) is 0 Å². The molecule has 1 amide bonds. The third-order valence-electron chi connectivity index (χ3n) is 4.29. The maximum absolute atomic E-state index is 12.5. The van der Waals surface area contributed by atoms with Crippen LogP contribution in [0.15, 0.2) is 60.8 Å². The lowest BCUT2D eigenvalue weighted by Crippen LogP contribution is -2.14. The molecule has 4 aromatic rings. The van der Waals surface area contributed by atoms with E-state index in [-0.39, 0.29) is 11.3 Å². The van der Waals surface area contributed by atoms with Crippen LogP contribution in [0.5, 0.6) is 0 Å². The molecule has 0 spiro atoms. The number of nitro benzene ring substituents is 1. The predicted octanol–water partition coefficient (Wildman–Crippen LogP) is 4.83. The Kier molecular flexibility index (Phi) is 4.54. The van der Waals surface area contributed by atoms with Gasteiger partial charge in [0.1, 0.15) is 10.8 Å². The van der Waals surface area contributed by atoms with Crippen molar-refractivity contribution in [3.63, 3.8) is 0 Å². The zero-order valence-electron chi connectivity index (χ0n) is 14.7. The van der Waals surface area contributed by atoms with Crippen molar-refractivity contribution in [3.05, 3.63) is 82.0 Å². The monoisotopic (exact) mass is 390 g/mol. The highest BCUT2D eigenvalue weighted by molar-refractivity contribution is 7.21. The van der Waals surface area contributed by atoms with Gasteiger partial charge in [0.15, 0.2) is 0 Å². The molecule has 0 saturated carbocycles. The summed E-state index contributed by atoms with van der Waals surface area (Å²) in [7, 11) is 0. The predicted molar refractivity (Wildman–Crippen MR) is 109 cm³/mol. The van der Waals surface area contributed by atoms with Crippen molar-refractivity contribution in [3.8, 4) is 10.6 Å². The molecule has 0 fully saturated rings. The standard InChI is InChI=1S/C20H14N4O3S/c1-12-14(5-4-7-16(12)24(26)27)19(25)23-18-10-9-13(11-21-18)20-22-15-6-2-3-8-17(15)28-20/h2-11H,1H3,(H,21,23,25). The number of nitrogens with one attached hydrogen (secondary N) is 1. The van der Waals surface area contributed by atoms with Crippen LogP contribution in [0, 0.1) is 17.0 Å². The van der Waals surface area contributed by atoms with E-state index in [4.69, 9.17) is 0 Å². The topological polar surface area (TPSA) is 98.0 Å². The Morgan fingerprint density at radius 3 is 2.64 bits per heavy atom. The number of carbonyl (C=O) groups excluding carboxylic acids is 1. The molecule has 0 aliphatic rings. The second-order valence-corrected chi connectivity index (χ2v) is 7.11. The molecule has 0 atom stereocenters. The minimum atomic E-state index is -0.503. The molecule has 7 nitrogen and oxygen atoms in total. The molecule has 2 aromatic carbocycles. The number of pyridine rings is 1. The number of benzene rings is 2. The van der Waals surface area contributed by atoms with Crippen molar-refractivity contribution in [1.82, 2.24) is 9.97 Å². The number of carbonyl (C=O) groups is 1. The van der Waals surface area contributed by atoms with Gasteiger partial charge in [0.05, 0.1) is 15.1 Å². The summed E-state index contributed by atoms with van der Waals surface area (Å²) >= 11 is 1.57. The van der Waals surface area contributed by atoms with Gasteiger partial charge in [0.25, 0.3) is 11.6 Å². The molecule has 0 aliphatic heterocycles. The van der Waals surface area contributed by atoms with E-state index in [1.165, 1.54) is 12.1 Å². The third kappa shape index (κ3) is 3.33. The van der Waals surface area contributed by atoms with Gasteiger partial charge in [0.2, 0.25) is 0 Å². The summed E-state index contributed by atoms with van der Waals surface area (Å²) in [5, 5.41) is 14.6. The highest BCUT2D eigenvalue weighted by atomic mass is 32.1. The van der Waals surface area contributed by atoms with Crippen LogP contribution in [-0.4, -0.2) is 20.8 Å². The van der Waals surface area contributed by atoms with Crippen molar-refractivity contribution in [2.24, 2.45) is 0 Å². The number of amides is 1. The number of aromatic nitrogens is 2. The Labute approximate surface area is 163 Å². The Hall–Kier alpha value is -3.65. The minimum Gasteiger partial charge on any atom is -0.307 e. The number of nitro groups is 1. The van der Waals surface area contributed by atoms with Gasteiger partial charge < -0.3 is 5.32 Å². The average Bonchev–Trinajstić information content (AvgIpc) is 3.12. The van der Waals surface area contributed by atoms with E-state index in [1.807, 2.05) is 30.3 Å². The van der Waals surface area contributed by atoms with E-state index in [2.05, 4.69) is 15.3 Å². The van der Waals surface area contributed by atoms with Crippen LogP contribution in [0.1, 0.15) is 15.9 Å². The fraction of sp³-hybridized carbons (Fsp3) is 0.0500. The third-order valence-corrected chi connectivity index (χ3v) is 5.38. The number of nitrogens with zero attached hydrogens (tertiary/aromatic N) is 3. The maximum atomic E-state index is 12.5. The van der Waals surface area contributed by atoms with Crippen molar-refractivity contribution in [1.29, 1.82) is 0 Å². The molecule has 138 valence electrons. The van der Waals surface area contributed by atoms with Crippen LogP contribution < -0.4 is 5.32 Å². The van der Waals surface area contributed by atoms with Crippen LogP contribution in [0.4, 0.5) is 11.5 Å². The number of rotatable bonds is 4. The van der Waals surface area contributed by atoms with Gasteiger partial charge in [-0.05, 0) is 37.3 Å². The number of para-hydroxylation sites is 1. The number of hydrogen-bond acceptors (Lipinski definition) is 6. The fourth-order valence-corrected chi connectivity index (χ4v) is 3.80. The van der Waals surface area contributed by atoms with Gasteiger partial charge in [-0.3, -0.25) is 14.9 Å². The first-order valence-electron chi connectivity index (χ1n) is 8.40. The van der Waals surface area contributed by atoms with Crippen LogP contribution in [0.3, 0.4) is 0 Å². The van der Waals surface area contributed by atoms with E-state index in [9.17, 15) is 14.9 Å². The summed E-state index contributed by atoms with van der Waals surface area (Å²) in [4.78, 5) is 31.9. The van der Waals surface area contributed by atoms with Crippen LogP contribution in [0.25, 0.3) is 20.8 Å². The first kappa shape index (κ1) is 17.7. The Balaban J connectivity index is 1.56. The van der Waals surface area contributed by atoms with E-state index >= 15 is 0 Å². The number of thiazole rings is 1. The van der Waals surface area contributed by atoms with Crippen LogP contribution >= 0.6 is 11.3 Å². The Morgan fingerprint density at radius 1 is 1.11 bits per heavy atom. The summed E-state index contributed by atoms with van der Waals surface area (Å²) in [6, 6.07) is 15.8. The lowest BCUT2D eigenvalue weighted by molar-refractivity contribution is -0.385. The molecule has 1 N–H and O–H groups in total. The molecule has 0 bridgehead atoms. The van der Waals surface area contributed by atoms with Gasteiger partial charge in [-0.1, -0.05) is 18.2 Å². The van der Waals surface area contributed by atoms with Crippen LogP contribution in [-0.2, 0) is 0 Å². The first-order chi connectivity index (χ1) is 13.5. The number of hydrogen-bond donors (Lipinski definition) is 1. The molecule has 0 saturated heterocycles. The molecule has 4 rings (SSSR count). The van der Waals surface area contributed by atoms with E-state index in [0.29, 0.717) is 11.4 Å². The lowest BCUT2D eigenvalue weighted by Gasteiger charge is -2.07. The quantitative estimate of drug-likeness (QED) is 0.398. The highest BCUT2D eigenvalue weighted by Gasteiger charge is 2.18. The normalized spacial score (nSPS) is 10.8. The number of fused-ring (bicyclic) bond motifs is 1. The average molecular weight is 390 g/mol. The van der Waals surface area contributed by atoms with E-state index in [0.717, 1.165) is 20.8 Å².